The van der Waals surface area contributed by atoms with Gasteiger partial charge >= 0.3 is 0 Å². The zero-order valence-corrected chi connectivity index (χ0v) is 14.6. The van der Waals surface area contributed by atoms with E-state index in [1.54, 1.807) is 13.3 Å². The topological polar surface area (TPSA) is 64.4 Å². The molecule has 0 bridgehead atoms. The molecule has 0 saturated heterocycles. The van der Waals surface area contributed by atoms with Crippen LogP contribution in [0.1, 0.15) is 77.6 Å². The number of amides is 1. The summed E-state index contributed by atoms with van der Waals surface area (Å²) >= 11 is 0. The smallest absolute Gasteiger partial charge is 0.251 e. The average molecular weight is 340 g/mol. The maximum atomic E-state index is 12.8. The van der Waals surface area contributed by atoms with Crippen LogP contribution in [0.3, 0.4) is 0 Å². The van der Waals surface area contributed by atoms with Crippen LogP contribution in [-0.4, -0.2) is 18.0 Å². The van der Waals surface area contributed by atoms with Crippen molar-refractivity contribution >= 4 is 5.91 Å². The van der Waals surface area contributed by atoms with Crippen molar-refractivity contribution in [2.24, 2.45) is 0 Å². The fourth-order valence-corrected chi connectivity index (χ4v) is 3.87. The molecular weight excluding hydrogens is 316 g/mol. The summed E-state index contributed by atoms with van der Waals surface area (Å²) in [7, 11) is 1.73. The Bertz CT molecular complexity index is 745. The molecule has 0 unspecified atom stereocenters. The van der Waals surface area contributed by atoms with E-state index in [2.05, 4.69) is 22.4 Å². The number of benzene rings is 1. The number of methoxy groups -OCH3 is 1. The van der Waals surface area contributed by atoms with Crippen molar-refractivity contribution in [3.05, 3.63) is 47.2 Å². The van der Waals surface area contributed by atoms with Crippen LogP contribution in [0.15, 0.2) is 29.1 Å². The van der Waals surface area contributed by atoms with E-state index < -0.39 is 0 Å². The number of nitrogens with zero attached hydrogens (tertiary/aromatic N) is 1. The third kappa shape index (κ3) is 3.41. The van der Waals surface area contributed by atoms with Crippen LogP contribution < -0.4 is 10.1 Å². The molecule has 0 spiro atoms. The summed E-state index contributed by atoms with van der Waals surface area (Å²) in [5.41, 5.74) is 3.10. The minimum absolute atomic E-state index is 0.0415. The second kappa shape index (κ2) is 6.90. The summed E-state index contributed by atoms with van der Waals surface area (Å²) in [5, 5.41) is 2.97. The molecule has 1 aromatic heterocycles. The van der Waals surface area contributed by atoms with E-state index in [1.807, 2.05) is 0 Å². The summed E-state index contributed by atoms with van der Waals surface area (Å²) in [4.78, 5) is 16.7. The lowest BCUT2D eigenvalue weighted by atomic mass is 9.91. The zero-order valence-electron chi connectivity index (χ0n) is 14.6. The highest BCUT2D eigenvalue weighted by atomic mass is 16.5. The van der Waals surface area contributed by atoms with Crippen LogP contribution in [0, 0.1) is 0 Å². The molecule has 1 amide bonds. The van der Waals surface area contributed by atoms with Crippen LogP contribution in [0.2, 0.25) is 0 Å². The lowest BCUT2D eigenvalue weighted by Crippen LogP contribution is -2.24. The van der Waals surface area contributed by atoms with Crippen molar-refractivity contribution in [2.45, 2.75) is 56.9 Å². The molecule has 0 aliphatic heterocycles. The van der Waals surface area contributed by atoms with Crippen molar-refractivity contribution in [3.8, 4) is 5.75 Å². The van der Waals surface area contributed by atoms with Crippen LogP contribution >= 0.6 is 0 Å². The number of rotatable bonds is 6. The first-order valence-corrected chi connectivity index (χ1v) is 9.13. The number of hydrogen-bond donors (Lipinski definition) is 1. The summed E-state index contributed by atoms with van der Waals surface area (Å²) < 4.78 is 10.9. The SMILES string of the molecule is COc1cc(C2CC2)c(C(=O)NCc2cnco2)cc1C1CCCC1. The van der Waals surface area contributed by atoms with Gasteiger partial charge < -0.3 is 14.5 Å². The lowest BCUT2D eigenvalue weighted by molar-refractivity contribution is 0.0947. The van der Waals surface area contributed by atoms with Crippen LogP contribution in [0.5, 0.6) is 5.75 Å². The molecule has 2 aliphatic rings. The first-order valence-electron chi connectivity index (χ1n) is 9.13. The van der Waals surface area contributed by atoms with Gasteiger partial charge in [0.15, 0.2) is 6.39 Å². The first-order chi connectivity index (χ1) is 12.3. The number of aromatic nitrogens is 1. The van der Waals surface area contributed by atoms with Gasteiger partial charge in [-0.2, -0.15) is 0 Å². The second-order valence-corrected chi connectivity index (χ2v) is 7.09. The minimum atomic E-state index is -0.0415. The van der Waals surface area contributed by atoms with Gasteiger partial charge in [0, 0.05) is 5.56 Å². The van der Waals surface area contributed by atoms with Gasteiger partial charge in [-0.1, -0.05) is 12.8 Å². The highest BCUT2D eigenvalue weighted by Gasteiger charge is 2.31. The van der Waals surface area contributed by atoms with Crippen molar-refractivity contribution in [2.75, 3.05) is 7.11 Å². The van der Waals surface area contributed by atoms with E-state index in [-0.39, 0.29) is 5.91 Å². The summed E-state index contributed by atoms with van der Waals surface area (Å²) in [5.74, 6) is 2.55. The van der Waals surface area contributed by atoms with E-state index in [9.17, 15) is 4.79 Å². The Labute approximate surface area is 147 Å². The molecule has 0 atom stereocenters. The minimum Gasteiger partial charge on any atom is -0.496 e. The molecule has 2 aliphatic carbocycles. The van der Waals surface area contributed by atoms with Crippen LogP contribution in [-0.2, 0) is 6.54 Å². The van der Waals surface area contributed by atoms with Crippen molar-refractivity contribution in [1.29, 1.82) is 0 Å². The third-order valence-electron chi connectivity index (χ3n) is 5.37. The standard InChI is InChI=1S/C20H24N2O3/c1-24-19-9-16(14-6-7-14)18(8-17(19)13-4-2-3-5-13)20(23)22-11-15-10-21-12-25-15/h8-10,12-14H,2-7,11H2,1H3,(H,22,23). The second-order valence-electron chi connectivity index (χ2n) is 7.09. The fourth-order valence-electron chi connectivity index (χ4n) is 3.87. The Kier molecular flexibility index (Phi) is 4.47. The van der Waals surface area contributed by atoms with Crippen LogP contribution in [0.4, 0.5) is 0 Å². The number of carbonyl (C=O) groups is 1. The van der Waals surface area contributed by atoms with Crippen LogP contribution in [0.25, 0.3) is 0 Å². The molecule has 25 heavy (non-hydrogen) atoms. The summed E-state index contributed by atoms with van der Waals surface area (Å²) in [6, 6.07) is 4.19. The normalized spacial score (nSPS) is 17.6. The maximum Gasteiger partial charge on any atom is 0.251 e. The molecule has 1 heterocycles. The van der Waals surface area contributed by atoms with Gasteiger partial charge in [-0.15, -0.1) is 0 Å². The largest absolute Gasteiger partial charge is 0.496 e. The monoisotopic (exact) mass is 340 g/mol. The Morgan fingerprint density at radius 1 is 1.20 bits per heavy atom. The Morgan fingerprint density at radius 3 is 2.60 bits per heavy atom. The van der Waals surface area contributed by atoms with Gasteiger partial charge in [-0.05, 0) is 60.8 Å². The van der Waals surface area contributed by atoms with Gasteiger partial charge in [0.1, 0.15) is 11.5 Å². The number of carbonyl (C=O) groups excluding carboxylic acids is 1. The highest BCUT2D eigenvalue weighted by molar-refractivity contribution is 5.96. The van der Waals surface area contributed by atoms with E-state index in [0.29, 0.717) is 24.1 Å². The summed E-state index contributed by atoms with van der Waals surface area (Å²) in [6.45, 7) is 0.355. The molecule has 4 rings (SSSR count). The van der Waals surface area contributed by atoms with Gasteiger partial charge in [-0.3, -0.25) is 4.79 Å². The number of hydrogen-bond acceptors (Lipinski definition) is 4. The Morgan fingerprint density at radius 2 is 1.96 bits per heavy atom. The van der Waals surface area contributed by atoms with Gasteiger partial charge in [0.2, 0.25) is 0 Å². The number of ether oxygens (including phenoxy) is 1. The van der Waals surface area contributed by atoms with E-state index in [1.165, 1.54) is 37.6 Å². The highest BCUT2D eigenvalue weighted by Crippen LogP contribution is 2.46. The maximum absolute atomic E-state index is 12.8. The van der Waals surface area contributed by atoms with Gasteiger partial charge in [0.05, 0.1) is 19.9 Å². The molecule has 132 valence electrons. The zero-order chi connectivity index (χ0) is 17.2. The Hall–Kier alpha value is -2.30. The van der Waals surface area contributed by atoms with E-state index >= 15 is 0 Å². The summed E-state index contributed by atoms with van der Waals surface area (Å²) in [6.07, 6.45) is 10.2. The van der Waals surface area contributed by atoms with Crippen molar-refractivity contribution in [3.63, 3.8) is 0 Å². The predicted molar refractivity (Wildman–Crippen MR) is 93.9 cm³/mol. The molecule has 1 aromatic carbocycles. The molecule has 1 N–H and O–H groups in total. The van der Waals surface area contributed by atoms with Crippen molar-refractivity contribution in [1.82, 2.24) is 10.3 Å². The fraction of sp³-hybridized carbons (Fsp3) is 0.500. The van der Waals surface area contributed by atoms with E-state index in [0.717, 1.165) is 29.7 Å². The third-order valence-corrected chi connectivity index (χ3v) is 5.37. The average Bonchev–Trinajstić information content (AvgIpc) is 3.12. The number of oxazole rings is 1. The predicted octanol–water partition coefficient (Wildman–Crippen LogP) is 4.15. The molecular formula is C20H24N2O3. The van der Waals surface area contributed by atoms with E-state index in [4.69, 9.17) is 9.15 Å². The van der Waals surface area contributed by atoms with Crippen molar-refractivity contribution < 1.29 is 13.9 Å². The number of nitrogens with one attached hydrogen (secondary N) is 1. The Balaban J connectivity index is 1.63. The quantitative estimate of drug-likeness (QED) is 0.858. The molecule has 5 heteroatoms. The lowest BCUT2D eigenvalue weighted by Gasteiger charge is -2.19. The molecule has 0 radical (unpaired) electrons. The molecule has 2 fully saturated rings. The first kappa shape index (κ1) is 16.2. The molecule has 2 saturated carbocycles. The van der Waals surface area contributed by atoms with Gasteiger partial charge in [-0.25, -0.2) is 4.98 Å². The molecule has 2 aromatic rings. The molecule has 5 nitrogen and oxygen atoms in total. The van der Waals surface area contributed by atoms with Gasteiger partial charge in [0.25, 0.3) is 5.91 Å².